The van der Waals surface area contributed by atoms with Crippen LogP contribution in [0.25, 0.3) is 0 Å². The third kappa shape index (κ3) is 3.53. The van der Waals surface area contributed by atoms with Gasteiger partial charge in [0.2, 0.25) is 0 Å². The summed E-state index contributed by atoms with van der Waals surface area (Å²) < 4.78 is 12.3. The molecule has 192 valence electrons. The number of hydrogen-bond donors (Lipinski definition) is 2. The number of aryl methyl sites for hydroxylation is 2. The van der Waals surface area contributed by atoms with Crippen molar-refractivity contribution in [2.75, 3.05) is 23.7 Å². The molecule has 2 aliphatic heterocycles. The second-order valence-corrected chi connectivity index (χ2v) is 10.0. The molecule has 3 heterocycles. The zero-order valence-corrected chi connectivity index (χ0v) is 22.8. The molecule has 0 saturated carbocycles. The minimum absolute atomic E-state index is 0.656. The number of fused-ring (bicyclic) bond motifs is 6. The number of hydrazone groups is 1. The van der Waals surface area contributed by atoms with E-state index in [0.717, 1.165) is 69.3 Å². The first-order chi connectivity index (χ1) is 18.5. The summed E-state index contributed by atoms with van der Waals surface area (Å²) in [5.41, 5.74) is 7.61. The van der Waals surface area contributed by atoms with Gasteiger partial charge < -0.3 is 19.8 Å². The molecule has 0 unspecified atom stereocenters. The van der Waals surface area contributed by atoms with Crippen LogP contribution >= 0.6 is 12.2 Å². The van der Waals surface area contributed by atoms with E-state index in [1.807, 2.05) is 23.2 Å². The highest BCUT2D eigenvalue weighted by Crippen LogP contribution is 2.59. The Bertz CT molecular complexity index is 1510. The molecule has 0 aliphatic carbocycles. The summed E-state index contributed by atoms with van der Waals surface area (Å²) in [4.78, 5) is 0.657. The fourth-order valence-corrected chi connectivity index (χ4v) is 6.00. The smallest absolute Gasteiger partial charge is 0.147 e. The molecule has 0 bridgehead atoms. The van der Waals surface area contributed by atoms with Gasteiger partial charge in [-0.3, -0.25) is 0 Å². The van der Waals surface area contributed by atoms with Gasteiger partial charge in [-0.1, -0.05) is 36.5 Å². The summed E-state index contributed by atoms with van der Waals surface area (Å²) >= 11 is 6.12. The van der Waals surface area contributed by atoms with E-state index in [-0.39, 0.29) is 0 Å². The topological polar surface area (TPSA) is 62.0 Å². The van der Waals surface area contributed by atoms with E-state index in [1.165, 1.54) is 0 Å². The largest absolute Gasteiger partial charge is 0.463 e. The number of nitrogens with zero attached hydrogens (tertiary/aromatic N) is 2. The Morgan fingerprint density at radius 1 is 0.868 bits per heavy atom. The monoisotopic (exact) mass is 522 g/mol. The number of nitrogens with one attached hydrogen (secondary N) is 2. The van der Waals surface area contributed by atoms with Crippen molar-refractivity contribution in [3.63, 3.8) is 0 Å². The number of thiocarbonyl (C=S) groups is 1. The minimum Gasteiger partial charge on any atom is -0.463 e. The van der Waals surface area contributed by atoms with Gasteiger partial charge >= 0.3 is 0 Å². The van der Waals surface area contributed by atoms with Gasteiger partial charge in [0, 0.05) is 53.3 Å². The molecular weight excluding hydrogens is 492 g/mol. The number of anilines is 2. The molecule has 4 aromatic rings. The van der Waals surface area contributed by atoms with E-state index >= 15 is 0 Å². The normalized spacial score (nSPS) is 14.8. The quantitative estimate of drug-likeness (QED) is 0.207. The Morgan fingerprint density at radius 2 is 1.50 bits per heavy atom. The van der Waals surface area contributed by atoms with Crippen LogP contribution in [0.5, 0.6) is 11.5 Å². The number of benzene rings is 3. The average Bonchev–Trinajstić information content (AvgIpc) is 3.51. The highest BCUT2D eigenvalue weighted by molar-refractivity contribution is 7.80. The minimum atomic E-state index is -0.815. The third-order valence-electron chi connectivity index (χ3n) is 7.29. The van der Waals surface area contributed by atoms with E-state index in [2.05, 4.69) is 80.8 Å². The fourth-order valence-electron chi connectivity index (χ4n) is 5.64. The second kappa shape index (κ2) is 9.33. The zero-order valence-electron chi connectivity index (χ0n) is 22.0. The van der Waals surface area contributed by atoms with Gasteiger partial charge in [-0.25, -0.2) is 5.01 Å². The summed E-state index contributed by atoms with van der Waals surface area (Å²) in [6.45, 7) is 10.1. The van der Waals surface area contributed by atoms with Crippen LogP contribution in [0, 0.1) is 13.8 Å². The molecule has 7 heteroatoms. The van der Waals surface area contributed by atoms with Crippen LogP contribution in [0.1, 0.15) is 53.0 Å². The van der Waals surface area contributed by atoms with Crippen molar-refractivity contribution in [2.24, 2.45) is 5.10 Å². The summed E-state index contributed by atoms with van der Waals surface area (Å²) in [5.74, 6) is 2.22. The lowest BCUT2D eigenvalue weighted by Crippen LogP contribution is -2.44. The van der Waals surface area contributed by atoms with Gasteiger partial charge in [-0.15, -0.1) is 0 Å². The lowest BCUT2D eigenvalue weighted by molar-refractivity contribution is 0.268. The third-order valence-corrected chi connectivity index (χ3v) is 7.68. The maximum atomic E-state index is 6.68. The SMILES string of the molecule is CCNc1cc2c(cc1C)C1(c3cc(C)c(NCC)cc3O2)c2ccccc2C(=S)N1/N=C/c1ccco1. The second-order valence-electron chi connectivity index (χ2n) is 9.62. The molecule has 2 aliphatic rings. The molecule has 1 spiro atoms. The molecule has 0 atom stereocenters. The van der Waals surface area contributed by atoms with Crippen molar-refractivity contribution in [1.82, 2.24) is 5.01 Å². The molecule has 0 saturated heterocycles. The van der Waals surface area contributed by atoms with E-state index in [4.69, 9.17) is 26.5 Å². The summed E-state index contributed by atoms with van der Waals surface area (Å²) in [6.07, 6.45) is 3.37. The first-order valence-electron chi connectivity index (χ1n) is 13.0. The lowest BCUT2D eigenvalue weighted by atomic mass is 9.74. The van der Waals surface area contributed by atoms with Crippen molar-refractivity contribution in [1.29, 1.82) is 0 Å². The van der Waals surface area contributed by atoms with Crippen LogP contribution in [-0.4, -0.2) is 29.3 Å². The van der Waals surface area contributed by atoms with Gasteiger partial charge in [-0.05, 0) is 68.7 Å². The Morgan fingerprint density at radius 3 is 2.08 bits per heavy atom. The van der Waals surface area contributed by atoms with Gasteiger partial charge in [0.1, 0.15) is 27.8 Å². The van der Waals surface area contributed by atoms with Crippen LogP contribution in [0.2, 0.25) is 0 Å². The average molecular weight is 523 g/mol. The van der Waals surface area contributed by atoms with Gasteiger partial charge in [0.25, 0.3) is 0 Å². The van der Waals surface area contributed by atoms with Crippen LogP contribution in [0.15, 0.2) is 76.4 Å². The molecule has 3 aromatic carbocycles. The first-order valence-corrected chi connectivity index (χ1v) is 13.4. The highest BCUT2D eigenvalue weighted by atomic mass is 32.1. The zero-order chi connectivity index (χ0) is 26.4. The van der Waals surface area contributed by atoms with Gasteiger partial charge in [0.05, 0.1) is 12.5 Å². The Hall–Kier alpha value is -4.10. The van der Waals surface area contributed by atoms with Crippen LogP contribution in [0.4, 0.5) is 11.4 Å². The van der Waals surface area contributed by atoms with Crippen LogP contribution in [-0.2, 0) is 5.54 Å². The number of hydrogen-bond acceptors (Lipinski definition) is 6. The summed E-state index contributed by atoms with van der Waals surface area (Å²) in [6, 6.07) is 20.7. The maximum absolute atomic E-state index is 6.68. The molecule has 2 N–H and O–H groups in total. The van der Waals surface area contributed by atoms with E-state index < -0.39 is 5.54 Å². The number of furan rings is 1. The van der Waals surface area contributed by atoms with E-state index in [9.17, 15) is 0 Å². The van der Waals surface area contributed by atoms with Crippen molar-refractivity contribution < 1.29 is 9.15 Å². The first kappa shape index (κ1) is 24.2. The van der Waals surface area contributed by atoms with E-state index in [0.29, 0.717) is 10.7 Å². The van der Waals surface area contributed by atoms with Crippen molar-refractivity contribution in [2.45, 2.75) is 33.2 Å². The Balaban J connectivity index is 1.70. The molecule has 38 heavy (non-hydrogen) atoms. The highest BCUT2D eigenvalue weighted by Gasteiger charge is 2.55. The van der Waals surface area contributed by atoms with Crippen LogP contribution < -0.4 is 15.4 Å². The lowest BCUT2D eigenvalue weighted by Gasteiger charge is -2.43. The van der Waals surface area contributed by atoms with Crippen LogP contribution in [0.3, 0.4) is 0 Å². The predicted octanol–water partition coefficient (Wildman–Crippen LogP) is 7.18. The molecule has 0 fully saturated rings. The maximum Gasteiger partial charge on any atom is 0.147 e. The summed E-state index contributed by atoms with van der Waals surface area (Å²) in [5, 5.41) is 13.9. The van der Waals surface area contributed by atoms with E-state index in [1.54, 1.807) is 12.5 Å². The van der Waals surface area contributed by atoms with Gasteiger partial charge in [0.15, 0.2) is 0 Å². The van der Waals surface area contributed by atoms with Gasteiger partial charge in [-0.2, -0.15) is 5.10 Å². The molecule has 0 radical (unpaired) electrons. The standard InChI is InChI=1S/C31H30N4O2S/c1-5-32-26-16-28-24(14-19(26)3)31(25-15-20(4)27(33-6-2)17-29(25)37-28)23-12-8-7-11-22(23)30(38)35(31)34-18-21-10-9-13-36-21/h7-18,32-33H,5-6H2,1-4H3/b34-18+. The summed E-state index contributed by atoms with van der Waals surface area (Å²) in [7, 11) is 0. The Labute approximate surface area is 228 Å². The van der Waals surface area contributed by atoms with Crippen molar-refractivity contribution >= 4 is 34.8 Å². The molecular formula is C31H30N4O2S. The predicted molar refractivity (Wildman–Crippen MR) is 157 cm³/mol. The van der Waals surface area contributed by atoms with Crippen molar-refractivity contribution in [3.8, 4) is 11.5 Å². The van der Waals surface area contributed by atoms with Crippen molar-refractivity contribution in [3.05, 3.63) is 106 Å². The number of rotatable bonds is 6. The Kier molecular flexibility index (Phi) is 5.95. The molecule has 6 nitrogen and oxygen atoms in total. The molecule has 1 aromatic heterocycles. The fraction of sp³-hybridized carbons (Fsp3) is 0.226. The molecule has 6 rings (SSSR count). The number of ether oxygens (including phenoxy) is 1. The molecule has 0 amide bonds.